The van der Waals surface area contributed by atoms with Gasteiger partial charge in [0.05, 0.1) is 12.7 Å². The lowest BCUT2D eigenvalue weighted by Crippen LogP contribution is -2.11. The van der Waals surface area contributed by atoms with Gasteiger partial charge in [-0.05, 0) is 29.8 Å². The Labute approximate surface area is 158 Å². The number of ether oxygens (including phenoxy) is 1. The summed E-state index contributed by atoms with van der Waals surface area (Å²) in [5.41, 5.74) is 2.14. The molecule has 0 bridgehead atoms. The van der Waals surface area contributed by atoms with E-state index < -0.39 is 0 Å². The van der Waals surface area contributed by atoms with Crippen molar-refractivity contribution in [3.8, 4) is 0 Å². The van der Waals surface area contributed by atoms with Crippen molar-refractivity contribution in [3.63, 3.8) is 0 Å². The molecule has 0 saturated heterocycles. The number of hydrogen-bond acceptors (Lipinski definition) is 7. The number of amides is 1. The molecule has 0 atom stereocenters. The van der Waals surface area contributed by atoms with Crippen molar-refractivity contribution in [1.29, 1.82) is 0 Å². The van der Waals surface area contributed by atoms with Gasteiger partial charge in [-0.2, -0.15) is 0 Å². The van der Waals surface area contributed by atoms with E-state index in [0.29, 0.717) is 22.0 Å². The first kappa shape index (κ1) is 18.1. The lowest BCUT2D eigenvalue weighted by molar-refractivity contribution is 0.0600. The average molecular weight is 385 g/mol. The number of thioether (sulfide) groups is 1. The van der Waals surface area contributed by atoms with Crippen LogP contribution in [-0.4, -0.2) is 29.2 Å². The Morgan fingerprint density at radius 1 is 1.04 bits per heavy atom. The van der Waals surface area contributed by atoms with Crippen molar-refractivity contribution >= 4 is 40.1 Å². The molecule has 26 heavy (non-hydrogen) atoms. The van der Waals surface area contributed by atoms with Gasteiger partial charge in [0.25, 0.3) is 5.91 Å². The van der Waals surface area contributed by atoms with Crippen molar-refractivity contribution in [3.05, 3.63) is 71.3 Å². The molecule has 1 heterocycles. The van der Waals surface area contributed by atoms with E-state index in [2.05, 4.69) is 20.3 Å². The van der Waals surface area contributed by atoms with Gasteiger partial charge in [-0.3, -0.25) is 10.1 Å². The minimum atomic E-state index is -0.355. The number of benzene rings is 2. The van der Waals surface area contributed by atoms with E-state index in [1.165, 1.54) is 30.2 Å². The fraction of sp³-hybridized carbons (Fsp3) is 0.111. The normalized spacial score (nSPS) is 10.3. The van der Waals surface area contributed by atoms with Crippen molar-refractivity contribution in [2.24, 2.45) is 0 Å². The molecule has 132 valence electrons. The SMILES string of the molecule is COC(=O)c1ccc(CSc2nnc(NC(=O)c3ccccc3)s2)cc1. The van der Waals surface area contributed by atoms with Gasteiger partial charge in [-0.25, -0.2) is 4.79 Å². The third-order valence-electron chi connectivity index (χ3n) is 3.40. The van der Waals surface area contributed by atoms with Crippen LogP contribution >= 0.6 is 23.1 Å². The molecule has 0 saturated carbocycles. The highest BCUT2D eigenvalue weighted by Gasteiger charge is 2.11. The zero-order valence-electron chi connectivity index (χ0n) is 13.8. The first-order chi connectivity index (χ1) is 12.7. The topological polar surface area (TPSA) is 81.2 Å². The Hall–Kier alpha value is -2.71. The minimum Gasteiger partial charge on any atom is -0.465 e. The molecule has 0 aliphatic rings. The molecule has 0 radical (unpaired) electrons. The molecule has 1 aromatic heterocycles. The Kier molecular flexibility index (Phi) is 5.98. The molecule has 8 heteroatoms. The van der Waals surface area contributed by atoms with Gasteiger partial charge in [0.1, 0.15) is 0 Å². The van der Waals surface area contributed by atoms with Gasteiger partial charge >= 0.3 is 5.97 Å². The summed E-state index contributed by atoms with van der Waals surface area (Å²) in [4.78, 5) is 23.5. The second kappa shape index (κ2) is 8.59. The first-order valence-corrected chi connectivity index (χ1v) is 9.46. The maximum absolute atomic E-state index is 12.1. The van der Waals surface area contributed by atoms with Gasteiger partial charge < -0.3 is 4.74 Å². The number of nitrogens with zero attached hydrogens (tertiary/aromatic N) is 2. The zero-order valence-corrected chi connectivity index (χ0v) is 15.5. The summed E-state index contributed by atoms with van der Waals surface area (Å²) in [5, 5.41) is 11.3. The number of anilines is 1. The number of carbonyl (C=O) groups excluding carboxylic acids is 2. The number of esters is 1. The maximum Gasteiger partial charge on any atom is 0.337 e. The van der Waals surface area contributed by atoms with E-state index in [1.807, 2.05) is 30.3 Å². The first-order valence-electron chi connectivity index (χ1n) is 7.65. The van der Waals surface area contributed by atoms with Gasteiger partial charge in [0.15, 0.2) is 4.34 Å². The van der Waals surface area contributed by atoms with Gasteiger partial charge in [-0.15, -0.1) is 10.2 Å². The van der Waals surface area contributed by atoms with Crippen molar-refractivity contribution in [2.45, 2.75) is 10.1 Å². The van der Waals surface area contributed by atoms with Crippen LogP contribution < -0.4 is 5.32 Å². The fourth-order valence-electron chi connectivity index (χ4n) is 2.08. The Bertz CT molecular complexity index is 896. The number of rotatable bonds is 6. The fourth-order valence-corrected chi connectivity index (χ4v) is 3.78. The number of nitrogens with one attached hydrogen (secondary N) is 1. The molecule has 3 rings (SSSR count). The molecule has 2 aromatic carbocycles. The largest absolute Gasteiger partial charge is 0.465 e. The van der Waals surface area contributed by atoms with Gasteiger partial charge in [-0.1, -0.05) is 53.4 Å². The summed E-state index contributed by atoms with van der Waals surface area (Å²) < 4.78 is 5.43. The van der Waals surface area contributed by atoms with Crippen LogP contribution in [0.1, 0.15) is 26.3 Å². The third kappa shape index (κ3) is 4.68. The summed E-state index contributed by atoms with van der Waals surface area (Å²) >= 11 is 2.84. The highest BCUT2D eigenvalue weighted by atomic mass is 32.2. The lowest BCUT2D eigenvalue weighted by atomic mass is 10.1. The van der Waals surface area contributed by atoms with E-state index in [4.69, 9.17) is 0 Å². The quantitative estimate of drug-likeness (QED) is 0.394. The summed E-state index contributed by atoms with van der Waals surface area (Å²) in [5.74, 6) is 0.117. The Morgan fingerprint density at radius 3 is 2.46 bits per heavy atom. The van der Waals surface area contributed by atoms with E-state index in [0.717, 1.165) is 9.90 Å². The standard InChI is InChI=1S/C18H15N3O3S2/c1-24-16(23)14-9-7-12(8-10-14)11-25-18-21-20-17(26-18)19-15(22)13-5-3-2-4-6-13/h2-10H,11H2,1H3,(H,19,20,22). The van der Waals surface area contributed by atoms with E-state index >= 15 is 0 Å². The van der Waals surface area contributed by atoms with Crippen LogP contribution in [0.5, 0.6) is 0 Å². The van der Waals surface area contributed by atoms with Gasteiger partial charge in [0.2, 0.25) is 5.13 Å². The van der Waals surface area contributed by atoms with Crippen LogP contribution in [0.2, 0.25) is 0 Å². The highest BCUT2D eigenvalue weighted by Crippen LogP contribution is 2.28. The molecule has 0 aliphatic carbocycles. The van der Waals surface area contributed by atoms with Crippen LogP contribution in [0, 0.1) is 0 Å². The molecule has 1 amide bonds. The molecule has 6 nitrogen and oxygen atoms in total. The number of carbonyl (C=O) groups is 2. The molecule has 0 aliphatic heterocycles. The van der Waals surface area contributed by atoms with Crippen LogP contribution in [0.3, 0.4) is 0 Å². The van der Waals surface area contributed by atoms with Crippen LogP contribution in [-0.2, 0) is 10.5 Å². The molecule has 0 fully saturated rings. The van der Waals surface area contributed by atoms with Crippen molar-refractivity contribution in [2.75, 3.05) is 12.4 Å². The number of aromatic nitrogens is 2. The number of hydrogen-bond donors (Lipinski definition) is 1. The molecule has 0 unspecified atom stereocenters. The summed E-state index contributed by atoms with van der Waals surface area (Å²) in [7, 11) is 1.36. The molecular formula is C18H15N3O3S2. The predicted octanol–water partition coefficient (Wildman–Crippen LogP) is 3.87. The Morgan fingerprint density at radius 2 is 1.77 bits per heavy atom. The lowest BCUT2D eigenvalue weighted by Gasteiger charge is -2.01. The smallest absolute Gasteiger partial charge is 0.337 e. The van der Waals surface area contributed by atoms with Crippen molar-refractivity contribution in [1.82, 2.24) is 10.2 Å². The summed E-state index contributed by atoms with van der Waals surface area (Å²) in [6, 6.07) is 16.2. The monoisotopic (exact) mass is 385 g/mol. The van der Waals surface area contributed by atoms with E-state index in [1.54, 1.807) is 24.3 Å². The molecule has 1 N–H and O–H groups in total. The molecular weight excluding hydrogens is 370 g/mol. The van der Waals surface area contributed by atoms with Crippen molar-refractivity contribution < 1.29 is 14.3 Å². The summed E-state index contributed by atoms with van der Waals surface area (Å²) in [6.07, 6.45) is 0. The number of methoxy groups -OCH3 is 1. The Balaban J connectivity index is 1.55. The minimum absolute atomic E-state index is 0.211. The maximum atomic E-state index is 12.1. The van der Waals surface area contributed by atoms with Crippen LogP contribution in [0.4, 0.5) is 5.13 Å². The predicted molar refractivity (Wildman–Crippen MR) is 102 cm³/mol. The highest BCUT2D eigenvalue weighted by molar-refractivity contribution is 8.00. The van der Waals surface area contributed by atoms with Crippen LogP contribution in [0.25, 0.3) is 0 Å². The second-order valence-electron chi connectivity index (χ2n) is 5.17. The van der Waals surface area contributed by atoms with Gasteiger partial charge in [0, 0.05) is 11.3 Å². The average Bonchev–Trinajstić information content (AvgIpc) is 3.14. The summed E-state index contributed by atoms with van der Waals surface area (Å²) in [6.45, 7) is 0. The molecule has 3 aromatic rings. The zero-order chi connectivity index (χ0) is 18.4. The van der Waals surface area contributed by atoms with E-state index in [9.17, 15) is 9.59 Å². The van der Waals surface area contributed by atoms with Crippen LogP contribution in [0.15, 0.2) is 58.9 Å². The third-order valence-corrected chi connectivity index (χ3v) is 5.44. The van der Waals surface area contributed by atoms with E-state index in [-0.39, 0.29) is 11.9 Å². The molecule has 0 spiro atoms. The second-order valence-corrected chi connectivity index (χ2v) is 7.37.